The van der Waals surface area contributed by atoms with Gasteiger partial charge in [0.05, 0.1) is 4.90 Å². The maximum atomic E-state index is 13.3. The minimum absolute atomic E-state index is 0.0234. The monoisotopic (exact) mass is 429 g/mol. The van der Waals surface area contributed by atoms with Crippen LogP contribution in [0.25, 0.3) is 10.8 Å². The van der Waals surface area contributed by atoms with Gasteiger partial charge in [-0.1, -0.05) is 36.4 Å². The maximum absolute atomic E-state index is 13.3. The molecule has 0 saturated heterocycles. The molecule has 0 heterocycles. The highest BCUT2D eigenvalue weighted by molar-refractivity contribution is 7.89. The molecule has 0 aliphatic rings. The van der Waals surface area contributed by atoms with Crippen molar-refractivity contribution in [2.45, 2.75) is 17.4 Å². The van der Waals surface area contributed by atoms with Crippen LogP contribution in [0.4, 0.5) is 5.69 Å². The average Bonchev–Trinajstić information content (AvgIpc) is 2.71. The number of carboxylic acids is 1. The van der Waals surface area contributed by atoms with E-state index < -0.39 is 22.0 Å². The third kappa shape index (κ3) is 4.09. The topological polar surface area (TPSA) is 124 Å². The first-order valence-corrected chi connectivity index (χ1v) is 10.6. The van der Waals surface area contributed by atoms with E-state index in [0.29, 0.717) is 20.8 Å². The van der Waals surface area contributed by atoms with Gasteiger partial charge in [-0.15, -0.1) is 4.41 Å². The number of aromatic hydroxyl groups is 1. The number of carbonyl (C=O) groups is 1. The lowest BCUT2D eigenvalue weighted by Crippen LogP contribution is -2.50. The molecule has 0 amide bonds. The number of hydrogen-bond acceptors (Lipinski definition) is 6. The highest BCUT2D eigenvalue weighted by atomic mass is 32.2. The smallest absolute Gasteiger partial charge is 0.323 e. The number of phenols is 1. The number of nitrogens with zero attached hydrogens (tertiary/aromatic N) is 2. The minimum Gasteiger partial charge on any atom is -0.508 e. The SMILES string of the molecule is CN(C)c1cccc2c(S(=O)(=O)N(N)C(Cc3ccc(O)cc3)C(=O)O)cccc12. The highest BCUT2D eigenvalue weighted by Crippen LogP contribution is 2.31. The molecule has 0 fully saturated rings. The summed E-state index contributed by atoms with van der Waals surface area (Å²) >= 11 is 0. The van der Waals surface area contributed by atoms with Crippen LogP contribution in [0.15, 0.2) is 65.6 Å². The second-order valence-electron chi connectivity index (χ2n) is 7.08. The molecular weight excluding hydrogens is 406 g/mol. The van der Waals surface area contributed by atoms with Crippen molar-refractivity contribution in [3.63, 3.8) is 0 Å². The van der Waals surface area contributed by atoms with E-state index in [0.717, 1.165) is 5.69 Å². The summed E-state index contributed by atoms with van der Waals surface area (Å²) in [4.78, 5) is 13.7. The van der Waals surface area contributed by atoms with E-state index >= 15 is 0 Å². The molecule has 0 saturated carbocycles. The highest BCUT2D eigenvalue weighted by Gasteiger charge is 2.35. The number of hydrazine groups is 1. The van der Waals surface area contributed by atoms with Gasteiger partial charge >= 0.3 is 5.97 Å². The summed E-state index contributed by atoms with van der Waals surface area (Å²) in [5.41, 5.74) is 1.35. The van der Waals surface area contributed by atoms with Crippen LogP contribution in [-0.2, 0) is 21.2 Å². The van der Waals surface area contributed by atoms with Crippen LogP contribution >= 0.6 is 0 Å². The molecule has 1 atom stereocenters. The van der Waals surface area contributed by atoms with E-state index in [1.807, 2.05) is 25.1 Å². The quantitative estimate of drug-likeness (QED) is 0.388. The molecule has 0 bridgehead atoms. The van der Waals surface area contributed by atoms with Crippen molar-refractivity contribution >= 4 is 32.5 Å². The largest absolute Gasteiger partial charge is 0.508 e. The first kappa shape index (κ1) is 21.6. The number of aliphatic carboxylic acids is 1. The van der Waals surface area contributed by atoms with Crippen LogP contribution in [0.1, 0.15) is 5.56 Å². The summed E-state index contributed by atoms with van der Waals surface area (Å²) in [6.07, 6.45) is -0.154. The Morgan fingerprint density at radius 3 is 2.20 bits per heavy atom. The van der Waals surface area contributed by atoms with E-state index in [1.165, 1.54) is 30.3 Å². The molecule has 0 aromatic heterocycles. The average molecular weight is 429 g/mol. The van der Waals surface area contributed by atoms with Crippen LogP contribution < -0.4 is 10.7 Å². The summed E-state index contributed by atoms with van der Waals surface area (Å²) in [6, 6.07) is 14.4. The Morgan fingerprint density at radius 1 is 1.00 bits per heavy atom. The summed E-state index contributed by atoms with van der Waals surface area (Å²) in [7, 11) is -0.617. The van der Waals surface area contributed by atoms with Gasteiger partial charge in [-0.25, -0.2) is 8.42 Å². The Bertz CT molecular complexity index is 1180. The molecule has 30 heavy (non-hydrogen) atoms. The number of anilines is 1. The Labute approximate surface area is 174 Å². The number of carboxylic acid groups (broad SMARTS) is 1. The molecule has 0 aliphatic carbocycles. The molecule has 0 radical (unpaired) electrons. The Hall–Kier alpha value is -3.14. The fourth-order valence-electron chi connectivity index (χ4n) is 3.30. The van der Waals surface area contributed by atoms with Gasteiger partial charge < -0.3 is 15.1 Å². The van der Waals surface area contributed by atoms with Gasteiger partial charge in [0, 0.05) is 37.0 Å². The van der Waals surface area contributed by atoms with Gasteiger partial charge in [0.15, 0.2) is 0 Å². The number of hydrogen-bond donors (Lipinski definition) is 3. The van der Waals surface area contributed by atoms with Gasteiger partial charge in [0.1, 0.15) is 11.8 Å². The second kappa shape index (κ2) is 8.31. The van der Waals surface area contributed by atoms with Crippen LogP contribution in [0, 0.1) is 0 Å². The van der Waals surface area contributed by atoms with Crippen molar-refractivity contribution in [3.05, 3.63) is 66.2 Å². The van der Waals surface area contributed by atoms with E-state index in [9.17, 15) is 23.4 Å². The Balaban J connectivity index is 2.05. The number of benzene rings is 3. The van der Waals surface area contributed by atoms with Crippen molar-refractivity contribution in [1.29, 1.82) is 0 Å². The lowest BCUT2D eigenvalue weighted by atomic mass is 10.1. The Kier molecular flexibility index (Phi) is 5.97. The lowest BCUT2D eigenvalue weighted by molar-refractivity contribution is -0.141. The minimum atomic E-state index is -4.32. The number of fused-ring (bicyclic) bond motifs is 1. The van der Waals surface area contributed by atoms with Crippen LogP contribution in [0.2, 0.25) is 0 Å². The first-order chi connectivity index (χ1) is 14.1. The Morgan fingerprint density at radius 2 is 1.60 bits per heavy atom. The summed E-state index contributed by atoms with van der Waals surface area (Å²) < 4.78 is 27.0. The van der Waals surface area contributed by atoms with Crippen LogP contribution in [0.3, 0.4) is 0 Å². The zero-order valence-electron chi connectivity index (χ0n) is 16.6. The molecule has 0 spiro atoms. The number of phenolic OH excluding ortho intramolecular Hbond substituents is 1. The molecule has 4 N–H and O–H groups in total. The van der Waals surface area contributed by atoms with Crippen molar-refractivity contribution < 1.29 is 23.4 Å². The van der Waals surface area contributed by atoms with Crippen LogP contribution in [-0.4, -0.2) is 49.2 Å². The molecule has 1 unspecified atom stereocenters. The summed E-state index contributed by atoms with van der Waals surface area (Å²) in [5, 5.41) is 20.2. The van der Waals surface area contributed by atoms with Crippen LogP contribution in [0.5, 0.6) is 5.75 Å². The van der Waals surface area contributed by atoms with E-state index in [4.69, 9.17) is 5.84 Å². The van der Waals surface area contributed by atoms with Crippen molar-refractivity contribution in [2.75, 3.05) is 19.0 Å². The maximum Gasteiger partial charge on any atom is 0.323 e. The van der Waals surface area contributed by atoms with E-state index in [-0.39, 0.29) is 17.1 Å². The van der Waals surface area contributed by atoms with Gasteiger partial charge in [-0.2, -0.15) is 0 Å². The molecule has 3 aromatic rings. The zero-order valence-corrected chi connectivity index (χ0v) is 17.4. The normalized spacial score (nSPS) is 12.8. The van der Waals surface area contributed by atoms with Gasteiger partial charge in [0.2, 0.25) is 0 Å². The van der Waals surface area contributed by atoms with Crippen molar-refractivity contribution in [2.24, 2.45) is 5.84 Å². The molecule has 3 aromatic carbocycles. The van der Waals surface area contributed by atoms with E-state index in [1.54, 1.807) is 24.3 Å². The summed E-state index contributed by atoms with van der Waals surface area (Å²) in [6.45, 7) is 0. The second-order valence-corrected chi connectivity index (χ2v) is 8.89. The standard InChI is InChI=1S/C21H23N3O5S/c1-23(2)18-7-3-6-17-16(18)5-4-8-20(17)30(28,29)24(22)19(21(26)27)13-14-9-11-15(25)12-10-14/h3-12,19,25H,13,22H2,1-2H3,(H,26,27). The fourth-order valence-corrected chi connectivity index (χ4v) is 4.74. The molecule has 8 nitrogen and oxygen atoms in total. The molecule has 158 valence electrons. The lowest BCUT2D eigenvalue weighted by Gasteiger charge is -2.25. The number of rotatable bonds is 7. The molecule has 9 heteroatoms. The van der Waals surface area contributed by atoms with Crippen molar-refractivity contribution in [3.8, 4) is 5.75 Å². The fraction of sp³-hybridized carbons (Fsp3) is 0.190. The van der Waals surface area contributed by atoms with Gasteiger partial charge in [-0.3, -0.25) is 10.6 Å². The molecule has 0 aliphatic heterocycles. The zero-order chi connectivity index (χ0) is 22.1. The van der Waals surface area contributed by atoms with Gasteiger partial charge in [0.25, 0.3) is 10.0 Å². The molecule has 3 rings (SSSR count). The number of nitrogens with two attached hydrogens (primary N) is 1. The first-order valence-electron chi connectivity index (χ1n) is 9.12. The third-order valence-corrected chi connectivity index (χ3v) is 6.58. The predicted octanol–water partition coefficient (Wildman–Crippen LogP) is 2.17. The van der Waals surface area contributed by atoms with E-state index in [2.05, 4.69) is 0 Å². The summed E-state index contributed by atoms with van der Waals surface area (Å²) in [5.74, 6) is 4.55. The van der Waals surface area contributed by atoms with Gasteiger partial charge in [-0.05, 0) is 29.8 Å². The molecular formula is C21H23N3O5S. The predicted molar refractivity (Wildman–Crippen MR) is 115 cm³/mol. The van der Waals surface area contributed by atoms with Crippen molar-refractivity contribution in [1.82, 2.24) is 4.41 Å². The number of sulfonamides is 1. The third-order valence-electron chi connectivity index (χ3n) is 4.85.